The molecule has 0 amide bonds. The van der Waals surface area contributed by atoms with Crippen molar-refractivity contribution in [1.29, 1.82) is 0 Å². The first-order chi connectivity index (χ1) is 9.40. The van der Waals surface area contributed by atoms with E-state index < -0.39 is 0 Å². The van der Waals surface area contributed by atoms with Gasteiger partial charge in [-0.2, -0.15) is 4.98 Å². The van der Waals surface area contributed by atoms with E-state index in [-0.39, 0.29) is 6.10 Å². The van der Waals surface area contributed by atoms with Gasteiger partial charge in [0.25, 0.3) is 0 Å². The average molecular weight is 262 g/mol. The molecule has 19 heavy (non-hydrogen) atoms. The zero-order chi connectivity index (χ0) is 12.7. The number of ether oxygens (including phenoxy) is 1. The van der Waals surface area contributed by atoms with Crippen LogP contribution >= 0.6 is 0 Å². The molecule has 0 aliphatic carbocycles. The van der Waals surface area contributed by atoms with Gasteiger partial charge in [-0.05, 0) is 6.42 Å². The maximum Gasteiger partial charge on any atom is 0.213 e. The number of rotatable bonds is 2. The molecule has 0 spiro atoms. The van der Waals surface area contributed by atoms with Crippen LogP contribution in [-0.4, -0.2) is 49.2 Å². The maximum absolute atomic E-state index is 5.91. The highest BCUT2D eigenvalue weighted by atomic mass is 16.5. The Balaban J connectivity index is 1.48. The molecule has 0 N–H and O–H groups in total. The van der Waals surface area contributed by atoms with Gasteiger partial charge in [-0.15, -0.1) is 5.10 Å². The number of nitrogens with zero attached hydrogens (tertiary/aromatic N) is 6. The third-order valence-electron chi connectivity index (χ3n) is 3.79. The van der Waals surface area contributed by atoms with Crippen LogP contribution < -0.4 is 0 Å². The minimum absolute atomic E-state index is 0.162. The van der Waals surface area contributed by atoms with Gasteiger partial charge in [-0.1, -0.05) is 10.4 Å². The molecule has 0 saturated carbocycles. The van der Waals surface area contributed by atoms with E-state index in [0.29, 0.717) is 19.2 Å². The van der Waals surface area contributed by atoms with Crippen LogP contribution in [0, 0.1) is 0 Å². The molecule has 2 aromatic rings. The van der Waals surface area contributed by atoms with Crippen molar-refractivity contribution < 1.29 is 9.26 Å². The molecule has 8 heteroatoms. The van der Waals surface area contributed by atoms with Crippen molar-refractivity contribution >= 4 is 0 Å². The van der Waals surface area contributed by atoms with Crippen molar-refractivity contribution in [1.82, 2.24) is 30.0 Å². The maximum atomic E-state index is 5.91. The normalized spacial score (nSPS) is 26.9. The Hall–Kier alpha value is -1.80. The molecule has 2 aliphatic rings. The highest BCUT2D eigenvalue weighted by molar-refractivity contribution is 5.01. The number of aromatic nitrogens is 5. The third kappa shape index (κ3) is 1.92. The minimum atomic E-state index is 0.162. The quantitative estimate of drug-likeness (QED) is 0.753. The largest absolute Gasteiger partial charge is 0.368 e. The van der Waals surface area contributed by atoms with Gasteiger partial charge in [-0.3, -0.25) is 4.90 Å². The summed E-state index contributed by atoms with van der Waals surface area (Å²) in [6, 6.07) is 0.299. The Labute approximate surface area is 109 Å². The molecule has 2 aromatic heterocycles. The number of hydrogen-bond acceptors (Lipinski definition) is 7. The van der Waals surface area contributed by atoms with E-state index >= 15 is 0 Å². The Morgan fingerprint density at radius 2 is 2.42 bits per heavy atom. The molecule has 1 fully saturated rings. The molecular weight excluding hydrogens is 248 g/mol. The van der Waals surface area contributed by atoms with Gasteiger partial charge < -0.3 is 9.26 Å². The molecule has 2 aliphatic heterocycles. The lowest BCUT2D eigenvalue weighted by atomic mass is 10.0. The molecule has 4 rings (SSSR count). The molecule has 4 heterocycles. The highest BCUT2D eigenvalue weighted by Gasteiger charge is 2.36. The molecule has 8 nitrogen and oxygen atoms in total. The third-order valence-corrected chi connectivity index (χ3v) is 3.79. The van der Waals surface area contributed by atoms with Gasteiger partial charge >= 0.3 is 0 Å². The fourth-order valence-corrected chi connectivity index (χ4v) is 2.86. The Morgan fingerprint density at radius 3 is 3.32 bits per heavy atom. The van der Waals surface area contributed by atoms with Gasteiger partial charge in [0.05, 0.1) is 37.2 Å². The summed E-state index contributed by atoms with van der Waals surface area (Å²) in [6.45, 7) is 3.12. The van der Waals surface area contributed by atoms with Crippen LogP contribution in [0.5, 0.6) is 0 Å². The SMILES string of the molecule is c1nc(CN2CC[C@H]3[C@H](C2)OCc2cnnn23)no1. The van der Waals surface area contributed by atoms with E-state index in [1.165, 1.54) is 6.39 Å². The number of fused-ring (bicyclic) bond motifs is 3. The number of piperidine rings is 1. The smallest absolute Gasteiger partial charge is 0.213 e. The summed E-state index contributed by atoms with van der Waals surface area (Å²) in [5.41, 5.74) is 1.06. The van der Waals surface area contributed by atoms with E-state index in [0.717, 1.165) is 31.0 Å². The second-order valence-corrected chi connectivity index (χ2v) is 4.96. The molecular formula is C11H14N6O2. The fourth-order valence-electron chi connectivity index (χ4n) is 2.86. The van der Waals surface area contributed by atoms with Gasteiger partial charge in [-0.25, -0.2) is 4.68 Å². The summed E-state index contributed by atoms with van der Waals surface area (Å²) in [7, 11) is 0. The molecule has 1 saturated heterocycles. The van der Waals surface area contributed by atoms with Crippen LogP contribution in [0.1, 0.15) is 24.0 Å². The molecule has 0 aromatic carbocycles. The molecule has 2 atom stereocenters. The van der Waals surface area contributed by atoms with Crippen LogP contribution in [0.25, 0.3) is 0 Å². The fraction of sp³-hybridized carbons (Fsp3) is 0.636. The van der Waals surface area contributed by atoms with Gasteiger partial charge in [0.15, 0.2) is 5.82 Å². The van der Waals surface area contributed by atoms with Crippen LogP contribution in [0.15, 0.2) is 17.1 Å². The van der Waals surface area contributed by atoms with Gasteiger partial charge in [0.2, 0.25) is 6.39 Å². The Kier molecular flexibility index (Phi) is 2.56. The van der Waals surface area contributed by atoms with E-state index in [1.807, 2.05) is 4.68 Å². The summed E-state index contributed by atoms with van der Waals surface area (Å²) in [4.78, 5) is 6.34. The first-order valence-corrected chi connectivity index (χ1v) is 6.38. The second-order valence-electron chi connectivity index (χ2n) is 4.96. The second kappa shape index (κ2) is 4.39. The first kappa shape index (κ1) is 11.1. The monoisotopic (exact) mass is 262 g/mol. The summed E-state index contributed by atoms with van der Waals surface area (Å²) < 4.78 is 12.7. The lowest BCUT2D eigenvalue weighted by Gasteiger charge is -2.40. The van der Waals surface area contributed by atoms with E-state index in [2.05, 4.69) is 25.4 Å². The standard InChI is InChI=1S/C11H14N6O2/c1-2-16(5-11-12-7-19-14-11)4-10-9(1)17-8(6-18-10)3-13-15-17/h3,7,9-10H,1-2,4-6H2/t9-,10-/m0/s1. The average Bonchev–Trinajstić information content (AvgIpc) is 3.08. The molecule has 0 radical (unpaired) electrons. The van der Waals surface area contributed by atoms with Crippen LogP contribution in [-0.2, 0) is 17.9 Å². The Morgan fingerprint density at radius 1 is 1.42 bits per heavy atom. The summed E-state index contributed by atoms with van der Waals surface area (Å²) in [5.74, 6) is 0.718. The van der Waals surface area contributed by atoms with Crippen molar-refractivity contribution in [2.24, 2.45) is 0 Å². The predicted octanol–water partition coefficient (Wildman–Crippen LogP) is 0.00690. The predicted molar refractivity (Wildman–Crippen MR) is 61.8 cm³/mol. The summed E-state index contributed by atoms with van der Waals surface area (Å²) in [6.07, 6.45) is 4.30. The molecule has 0 unspecified atom stereocenters. The summed E-state index contributed by atoms with van der Waals surface area (Å²) in [5, 5.41) is 12.0. The Bertz CT molecular complexity index is 553. The first-order valence-electron chi connectivity index (χ1n) is 6.38. The van der Waals surface area contributed by atoms with E-state index in [1.54, 1.807) is 6.20 Å². The topological polar surface area (TPSA) is 82.1 Å². The van der Waals surface area contributed by atoms with Crippen molar-refractivity contribution in [3.05, 3.63) is 24.1 Å². The van der Waals surface area contributed by atoms with Gasteiger partial charge in [0, 0.05) is 13.1 Å². The molecule has 100 valence electrons. The van der Waals surface area contributed by atoms with Crippen molar-refractivity contribution in [2.75, 3.05) is 13.1 Å². The van der Waals surface area contributed by atoms with Crippen LogP contribution in [0.3, 0.4) is 0 Å². The van der Waals surface area contributed by atoms with Crippen LogP contribution in [0.4, 0.5) is 0 Å². The highest BCUT2D eigenvalue weighted by Crippen LogP contribution is 2.30. The van der Waals surface area contributed by atoms with Crippen LogP contribution in [0.2, 0.25) is 0 Å². The lowest BCUT2D eigenvalue weighted by molar-refractivity contribution is -0.0709. The van der Waals surface area contributed by atoms with Gasteiger partial charge in [0.1, 0.15) is 0 Å². The zero-order valence-electron chi connectivity index (χ0n) is 10.3. The van der Waals surface area contributed by atoms with Crippen molar-refractivity contribution in [3.63, 3.8) is 0 Å². The zero-order valence-corrected chi connectivity index (χ0v) is 10.3. The van der Waals surface area contributed by atoms with E-state index in [4.69, 9.17) is 9.26 Å². The van der Waals surface area contributed by atoms with Crippen molar-refractivity contribution in [2.45, 2.75) is 31.7 Å². The molecule has 0 bridgehead atoms. The summed E-state index contributed by atoms with van der Waals surface area (Å²) >= 11 is 0. The minimum Gasteiger partial charge on any atom is -0.368 e. The van der Waals surface area contributed by atoms with E-state index in [9.17, 15) is 0 Å². The van der Waals surface area contributed by atoms with Crippen molar-refractivity contribution in [3.8, 4) is 0 Å². The number of likely N-dealkylation sites (tertiary alicyclic amines) is 1. The number of hydrogen-bond donors (Lipinski definition) is 0. The lowest BCUT2D eigenvalue weighted by Crippen LogP contribution is -2.48.